The number of hydrogen-bond acceptors (Lipinski definition) is 2. The summed E-state index contributed by atoms with van der Waals surface area (Å²) in [6, 6.07) is 0. The predicted octanol–water partition coefficient (Wildman–Crippen LogP) is 2.41. The van der Waals surface area contributed by atoms with Crippen LogP contribution in [0.5, 0.6) is 0 Å². The monoisotopic (exact) mass is 253 g/mol. The minimum Gasteiger partial charge on any atom is -0.211 e. The Morgan fingerprint density at radius 3 is 2.00 bits per heavy atom. The highest BCUT2D eigenvalue weighted by Crippen LogP contribution is 2.38. The van der Waals surface area contributed by atoms with Gasteiger partial charge in [-0.3, -0.25) is 0 Å². The van der Waals surface area contributed by atoms with Gasteiger partial charge >= 0.3 is 0 Å². The van der Waals surface area contributed by atoms with E-state index in [1.165, 1.54) is 4.31 Å². The molecule has 0 radical (unpaired) electrons. The zero-order valence-electron chi connectivity index (χ0n) is 9.50. The molecule has 5 heteroatoms. The number of sulfonamides is 1. The normalized spacial score (nSPS) is 22.9. The van der Waals surface area contributed by atoms with Crippen molar-refractivity contribution in [3.63, 3.8) is 0 Å². The van der Waals surface area contributed by atoms with Gasteiger partial charge in [0.05, 0.1) is 0 Å². The van der Waals surface area contributed by atoms with Gasteiger partial charge in [-0.2, -0.15) is 0 Å². The number of hydrogen-bond donors (Lipinski definition) is 0. The fraction of sp³-hybridized carbons (Fsp3) is 1.00. The van der Waals surface area contributed by atoms with Gasteiger partial charge in [0.1, 0.15) is 5.21 Å². The van der Waals surface area contributed by atoms with Crippen molar-refractivity contribution in [2.24, 2.45) is 5.41 Å². The molecule has 1 saturated heterocycles. The van der Waals surface area contributed by atoms with Crippen LogP contribution in [0.4, 0.5) is 0 Å². The topological polar surface area (TPSA) is 37.4 Å². The number of rotatable bonds is 4. The molecule has 0 spiro atoms. The molecule has 0 unspecified atom stereocenters. The smallest absolute Gasteiger partial charge is 0.211 e. The Balaban J connectivity index is 2.63. The fourth-order valence-corrected chi connectivity index (χ4v) is 3.56. The Labute approximate surface area is 97.8 Å². The fourth-order valence-electron chi connectivity index (χ4n) is 2.26. The highest BCUT2D eigenvalue weighted by Gasteiger charge is 2.34. The highest BCUT2D eigenvalue weighted by atomic mass is 35.5. The van der Waals surface area contributed by atoms with Crippen LogP contribution >= 0.6 is 11.6 Å². The van der Waals surface area contributed by atoms with Crippen molar-refractivity contribution in [2.75, 3.05) is 18.3 Å². The molecule has 0 amide bonds. The van der Waals surface area contributed by atoms with Gasteiger partial charge in [-0.05, 0) is 18.3 Å². The highest BCUT2D eigenvalue weighted by molar-refractivity contribution is 7.90. The zero-order chi connectivity index (χ0) is 11.5. The van der Waals surface area contributed by atoms with E-state index < -0.39 is 10.0 Å². The molecule has 1 aliphatic rings. The number of halogens is 1. The minimum absolute atomic E-state index is 0.293. The van der Waals surface area contributed by atoms with Gasteiger partial charge < -0.3 is 0 Å². The average molecular weight is 254 g/mol. The Morgan fingerprint density at radius 2 is 1.67 bits per heavy atom. The Bertz CT molecular complexity index is 289. The lowest BCUT2D eigenvalue weighted by molar-refractivity contribution is 0.142. The standard InChI is InChI=1S/C10H20ClNO2S/c1-3-10(4-2)5-7-12(8-6-10)15(13,14)9-11/h3-9H2,1-2H3. The van der Waals surface area contributed by atoms with Crippen LogP contribution in [0, 0.1) is 5.41 Å². The molecule has 90 valence electrons. The second kappa shape index (κ2) is 5.02. The molecular formula is C10H20ClNO2S. The molecule has 1 aliphatic heterocycles. The molecule has 0 aromatic carbocycles. The molecule has 0 saturated carbocycles. The first-order valence-electron chi connectivity index (χ1n) is 5.53. The lowest BCUT2D eigenvalue weighted by atomic mass is 9.75. The van der Waals surface area contributed by atoms with Crippen molar-refractivity contribution in [1.82, 2.24) is 4.31 Å². The number of alkyl halides is 1. The lowest BCUT2D eigenvalue weighted by Gasteiger charge is -2.40. The van der Waals surface area contributed by atoms with Crippen LogP contribution in [0.3, 0.4) is 0 Å². The summed E-state index contributed by atoms with van der Waals surface area (Å²) in [6.45, 7) is 5.65. The second-order valence-corrected chi connectivity index (χ2v) is 6.88. The first-order chi connectivity index (χ1) is 6.99. The van der Waals surface area contributed by atoms with Gasteiger partial charge in [0, 0.05) is 13.1 Å². The van der Waals surface area contributed by atoms with Crippen LogP contribution in [0.15, 0.2) is 0 Å². The Kier molecular flexibility index (Phi) is 4.44. The van der Waals surface area contributed by atoms with E-state index in [1.807, 2.05) is 0 Å². The Hall–Kier alpha value is 0.200. The number of nitrogens with zero attached hydrogens (tertiary/aromatic N) is 1. The summed E-state index contributed by atoms with van der Waals surface area (Å²) in [5, 5.41) is -0.293. The molecule has 0 N–H and O–H groups in total. The molecule has 1 heterocycles. The molecule has 15 heavy (non-hydrogen) atoms. The van der Waals surface area contributed by atoms with Crippen molar-refractivity contribution in [1.29, 1.82) is 0 Å². The maximum atomic E-state index is 11.5. The molecular weight excluding hydrogens is 234 g/mol. The quantitative estimate of drug-likeness (QED) is 0.722. The van der Waals surface area contributed by atoms with E-state index >= 15 is 0 Å². The minimum atomic E-state index is -3.19. The van der Waals surface area contributed by atoms with Gasteiger partial charge in [-0.1, -0.05) is 26.7 Å². The van der Waals surface area contributed by atoms with Gasteiger partial charge in [-0.15, -0.1) is 11.6 Å². The zero-order valence-corrected chi connectivity index (χ0v) is 11.1. The van der Waals surface area contributed by atoms with E-state index in [4.69, 9.17) is 11.6 Å². The van der Waals surface area contributed by atoms with Crippen LogP contribution in [0.1, 0.15) is 39.5 Å². The van der Waals surface area contributed by atoms with Gasteiger partial charge in [0.25, 0.3) is 0 Å². The Morgan fingerprint density at radius 1 is 1.20 bits per heavy atom. The van der Waals surface area contributed by atoms with E-state index in [9.17, 15) is 8.42 Å². The van der Waals surface area contributed by atoms with E-state index in [2.05, 4.69) is 13.8 Å². The van der Waals surface area contributed by atoms with Gasteiger partial charge in [0.2, 0.25) is 10.0 Å². The van der Waals surface area contributed by atoms with Crippen LogP contribution in [0.2, 0.25) is 0 Å². The maximum Gasteiger partial charge on any atom is 0.228 e. The molecule has 3 nitrogen and oxygen atoms in total. The largest absolute Gasteiger partial charge is 0.228 e. The maximum absolute atomic E-state index is 11.5. The summed E-state index contributed by atoms with van der Waals surface area (Å²) in [5.74, 6) is 0. The summed E-state index contributed by atoms with van der Waals surface area (Å²) in [4.78, 5) is 0. The summed E-state index contributed by atoms with van der Waals surface area (Å²) >= 11 is 5.44. The summed E-state index contributed by atoms with van der Waals surface area (Å²) in [7, 11) is -3.19. The lowest BCUT2D eigenvalue weighted by Crippen LogP contribution is -2.43. The molecule has 0 bridgehead atoms. The summed E-state index contributed by atoms with van der Waals surface area (Å²) in [5.41, 5.74) is 0.359. The summed E-state index contributed by atoms with van der Waals surface area (Å²) < 4.78 is 24.6. The molecule has 0 aromatic heterocycles. The molecule has 1 rings (SSSR count). The second-order valence-electron chi connectivity index (χ2n) is 4.33. The van der Waals surface area contributed by atoms with Crippen LogP contribution in [-0.2, 0) is 10.0 Å². The van der Waals surface area contributed by atoms with E-state index in [0.29, 0.717) is 18.5 Å². The van der Waals surface area contributed by atoms with Crippen LogP contribution < -0.4 is 0 Å². The van der Waals surface area contributed by atoms with E-state index in [1.54, 1.807) is 0 Å². The SMILES string of the molecule is CCC1(CC)CCN(S(=O)(=O)CCl)CC1. The first-order valence-corrected chi connectivity index (χ1v) is 7.68. The number of piperidine rings is 1. The van der Waals surface area contributed by atoms with Crippen molar-refractivity contribution in [3.8, 4) is 0 Å². The third-order valence-corrected chi connectivity index (χ3v) is 6.07. The molecule has 1 fully saturated rings. The van der Waals surface area contributed by atoms with Crippen LogP contribution in [0.25, 0.3) is 0 Å². The van der Waals surface area contributed by atoms with Crippen molar-refractivity contribution in [2.45, 2.75) is 39.5 Å². The summed E-state index contributed by atoms with van der Waals surface area (Å²) in [6.07, 6.45) is 4.21. The van der Waals surface area contributed by atoms with E-state index in [0.717, 1.165) is 25.7 Å². The van der Waals surface area contributed by atoms with Gasteiger partial charge in [-0.25, -0.2) is 12.7 Å². The average Bonchev–Trinajstić information content (AvgIpc) is 2.29. The van der Waals surface area contributed by atoms with E-state index in [-0.39, 0.29) is 5.21 Å². The molecule has 0 aliphatic carbocycles. The molecule has 0 aromatic rings. The first kappa shape index (κ1) is 13.3. The third kappa shape index (κ3) is 2.86. The molecule has 0 atom stereocenters. The predicted molar refractivity (Wildman–Crippen MR) is 63.5 cm³/mol. The van der Waals surface area contributed by atoms with Gasteiger partial charge in [0.15, 0.2) is 0 Å². The van der Waals surface area contributed by atoms with Crippen molar-refractivity contribution in [3.05, 3.63) is 0 Å². The third-order valence-electron chi connectivity index (χ3n) is 3.81. The van der Waals surface area contributed by atoms with Crippen molar-refractivity contribution < 1.29 is 8.42 Å². The van der Waals surface area contributed by atoms with Crippen molar-refractivity contribution >= 4 is 21.6 Å². The van der Waals surface area contributed by atoms with Crippen LogP contribution in [-0.4, -0.2) is 31.0 Å².